The predicted molar refractivity (Wildman–Crippen MR) is 53.2 cm³/mol. The highest BCUT2D eigenvalue weighted by atomic mass is 19.1. The highest BCUT2D eigenvalue weighted by molar-refractivity contribution is 5.18. The monoisotopic (exact) mass is 199 g/mol. The number of halogens is 2. The largest absolute Gasteiger partial charge is 0.314 e. The minimum atomic E-state index is -0.525. The Labute approximate surface area is 83.1 Å². The van der Waals surface area contributed by atoms with Gasteiger partial charge in [0.1, 0.15) is 11.6 Å². The van der Waals surface area contributed by atoms with Crippen LogP contribution in [-0.2, 0) is 6.42 Å². The summed E-state index contributed by atoms with van der Waals surface area (Å²) in [6.07, 6.45) is 0.588. The first-order valence-electron chi connectivity index (χ1n) is 4.77. The second-order valence-corrected chi connectivity index (χ2v) is 3.59. The SMILES string of the molecule is CC(C)NCCc1ccc(F)cc1F. The third-order valence-electron chi connectivity index (χ3n) is 1.96. The Hall–Kier alpha value is -0.960. The van der Waals surface area contributed by atoms with Crippen LogP contribution in [0, 0.1) is 11.6 Å². The maximum atomic E-state index is 13.1. The zero-order valence-corrected chi connectivity index (χ0v) is 8.48. The van der Waals surface area contributed by atoms with Crippen LogP contribution in [0.1, 0.15) is 19.4 Å². The lowest BCUT2D eigenvalue weighted by Crippen LogP contribution is -2.25. The Bertz CT molecular complexity index is 297. The van der Waals surface area contributed by atoms with Crippen molar-refractivity contribution < 1.29 is 8.78 Å². The normalized spacial score (nSPS) is 10.9. The highest BCUT2D eigenvalue weighted by Crippen LogP contribution is 2.09. The Kier molecular flexibility index (Phi) is 4.01. The third kappa shape index (κ3) is 3.42. The van der Waals surface area contributed by atoms with Crippen molar-refractivity contribution in [3.05, 3.63) is 35.4 Å². The van der Waals surface area contributed by atoms with Crippen LogP contribution in [0.25, 0.3) is 0 Å². The summed E-state index contributed by atoms with van der Waals surface area (Å²) in [4.78, 5) is 0. The van der Waals surface area contributed by atoms with Gasteiger partial charge in [-0.25, -0.2) is 8.78 Å². The van der Waals surface area contributed by atoms with E-state index >= 15 is 0 Å². The quantitative estimate of drug-likeness (QED) is 0.785. The van der Waals surface area contributed by atoms with Gasteiger partial charge in [0.2, 0.25) is 0 Å². The van der Waals surface area contributed by atoms with Gasteiger partial charge < -0.3 is 5.32 Å². The summed E-state index contributed by atoms with van der Waals surface area (Å²) >= 11 is 0. The van der Waals surface area contributed by atoms with Gasteiger partial charge in [-0.15, -0.1) is 0 Å². The van der Waals surface area contributed by atoms with Gasteiger partial charge in [-0.05, 0) is 24.6 Å². The van der Waals surface area contributed by atoms with E-state index in [2.05, 4.69) is 5.32 Å². The smallest absolute Gasteiger partial charge is 0.129 e. The third-order valence-corrected chi connectivity index (χ3v) is 1.96. The minimum absolute atomic E-state index is 0.388. The van der Waals surface area contributed by atoms with Crippen molar-refractivity contribution in [2.75, 3.05) is 6.54 Å². The Morgan fingerprint density at radius 1 is 1.29 bits per heavy atom. The molecule has 0 aliphatic rings. The van der Waals surface area contributed by atoms with E-state index in [0.717, 1.165) is 6.07 Å². The maximum absolute atomic E-state index is 13.1. The molecule has 3 heteroatoms. The Morgan fingerprint density at radius 3 is 2.57 bits per heavy atom. The molecule has 1 aromatic rings. The van der Waals surface area contributed by atoms with Crippen LogP contribution in [0.4, 0.5) is 8.78 Å². The first-order chi connectivity index (χ1) is 6.59. The second kappa shape index (κ2) is 5.05. The molecule has 0 bridgehead atoms. The number of hydrogen-bond donors (Lipinski definition) is 1. The first kappa shape index (κ1) is 11.1. The predicted octanol–water partition coefficient (Wildman–Crippen LogP) is 2.51. The molecule has 1 N–H and O–H groups in total. The molecule has 0 spiro atoms. The van der Waals surface area contributed by atoms with Crippen molar-refractivity contribution in [1.29, 1.82) is 0 Å². The molecular formula is C11H15F2N. The first-order valence-corrected chi connectivity index (χ1v) is 4.77. The maximum Gasteiger partial charge on any atom is 0.129 e. The van der Waals surface area contributed by atoms with Gasteiger partial charge in [0.05, 0.1) is 0 Å². The number of hydrogen-bond acceptors (Lipinski definition) is 1. The molecule has 0 atom stereocenters. The lowest BCUT2D eigenvalue weighted by molar-refractivity contribution is 0.553. The van der Waals surface area contributed by atoms with Crippen molar-refractivity contribution in [3.63, 3.8) is 0 Å². The lowest BCUT2D eigenvalue weighted by atomic mass is 10.1. The fourth-order valence-electron chi connectivity index (χ4n) is 1.22. The van der Waals surface area contributed by atoms with Gasteiger partial charge in [0.25, 0.3) is 0 Å². The summed E-state index contributed by atoms with van der Waals surface area (Å²) in [5.41, 5.74) is 0.555. The molecular weight excluding hydrogens is 184 g/mol. The summed E-state index contributed by atoms with van der Waals surface area (Å²) in [5, 5.41) is 3.18. The molecule has 0 aromatic heterocycles. The molecule has 1 aromatic carbocycles. The van der Waals surface area contributed by atoms with Crippen molar-refractivity contribution >= 4 is 0 Å². The summed E-state index contributed by atoms with van der Waals surface area (Å²) in [7, 11) is 0. The van der Waals surface area contributed by atoms with Crippen LogP contribution in [-0.4, -0.2) is 12.6 Å². The molecule has 0 aliphatic carbocycles. The summed E-state index contributed by atoms with van der Waals surface area (Å²) in [6.45, 7) is 4.77. The van der Waals surface area contributed by atoms with Gasteiger partial charge in [-0.3, -0.25) is 0 Å². The van der Waals surface area contributed by atoms with E-state index in [4.69, 9.17) is 0 Å². The standard InChI is InChI=1S/C11H15F2N/c1-8(2)14-6-5-9-3-4-10(12)7-11(9)13/h3-4,7-8,14H,5-6H2,1-2H3. The minimum Gasteiger partial charge on any atom is -0.314 e. The molecule has 78 valence electrons. The van der Waals surface area contributed by atoms with Crippen LogP contribution in [0.5, 0.6) is 0 Å². The molecule has 0 amide bonds. The molecule has 1 rings (SSSR count). The summed E-state index contributed by atoms with van der Waals surface area (Å²) < 4.78 is 25.6. The van der Waals surface area contributed by atoms with Gasteiger partial charge in [0, 0.05) is 12.1 Å². The molecule has 0 saturated heterocycles. The average molecular weight is 199 g/mol. The van der Waals surface area contributed by atoms with Crippen LogP contribution in [0.3, 0.4) is 0 Å². The zero-order chi connectivity index (χ0) is 10.6. The Morgan fingerprint density at radius 2 is 2.00 bits per heavy atom. The Balaban J connectivity index is 2.51. The number of rotatable bonds is 4. The van der Waals surface area contributed by atoms with Crippen molar-refractivity contribution in [2.24, 2.45) is 0 Å². The fourth-order valence-corrected chi connectivity index (χ4v) is 1.22. The fraction of sp³-hybridized carbons (Fsp3) is 0.455. The molecule has 14 heavy (non-hydrogen) atoms. The van der Waals surface area contributed by atoms with E-state index in [1.54, 1.807) is 0 Å². The van der Waals surface area contributed by atoms with Gasteiger partial charge in [-0.1, -0.05) is 19.9 Å². The van der Waals surface area contributed by atoms with E-state index < -0.39 is 11.6 Å². The second-order valence-electron chi connectivity index (χ2n) is 3.59. The molecule has 1 nitrogen and oxygen atoms in total. The zero-order valence-electron chi connectivity index (χ0n) is 8.48. The van der Waals surface area contributed by atoms with E-state index in [1.807, 2.05) is 13.8 Å². The van der Waals surface area contributed by atoms with Crippen LogP contribution in [0.15, 0.2) is 18.2 Å². The highest BCUT2D eigenvalue weighted by Gasteiger charge is 2.03. The van der Waals surface area contributed by atoms with Crippen LogP contribution >= 0.6 is 0 Å². The number of benzene rings is 1. The molecule has 0 heterocycles. The molecule has 0 radical (unpaired) electrons. The molecule has 0 unspecified atom stereocenters. The van der Waals surface area contributed by atoms with Crippen molar-refractivity contribution in [1.82, 2.24) is 5.32 Å². The van der Waals surface area contributed by atoms with E-state index in [1.165, 1.54) is 12.1 Å². The van der Waals surface area contributed by atoms with Crippen molar-refractivity contribution in [3.8, 4) is 0 Å². The van der Waals surface area contributed by atoms with Crippen LogP contribution in [0.2, 0.25) is 0 Å². The lowest BCUT2D eigenvalue weighted by Gasteiger charge is -2.08. The van der Waals surface area contributed by atoms with E-state index in [0.29, 0.717) is 24.6 Å². The van der Waals surface area contributed by atoms with Gasteiger partial charge in [-0.2, -0.15) is 0 Å². The van der Waals surface area contributed by atoms with Gasteiger partial charge >= 0.3 is 0 Å². The topological polar surface area (TPSA) is 12.0 Å². The average Bonchev–Trinajstić information content (AvgIpc) is 2.08. The van der Waals surface area contributed by atoms with E-state index in [9.17, 15) is 8.78 Å². The van der Waals surface area contributed by atoms with Gasteiger partial charge in [0.15, 0.2) is 0 Å². The summed E-state index contributed by atoms with van der Waals surface area (Å²) in [5.74, 6) is -0.987. The molecule has 0 saturated carbocycles. The van der Waals surface area contributed by atoms with Crippen LogP contribution < -0.4 is 5.32 Å². The van der Waals surface area contributed by atoms with E-state index in [-0.39, 0.29) is 0 Å². The molecule has 0 aliphatic heterocycles. The summed E-state index contributed by atoms with van der Waals surface area (Å²) in [6, 6.07) is 4.09. The number of nitrogens with one attached hydrogen (secondary N) is 1. The van der Waals surface area contributed by atoms with Crippen molar-refractivity contribution in [2.45, 2.75) is 26.3 Å². The molecule has 0 fully saturated rings.